The fourth-order valence-corrected chi connectivity index (χ4v) is 2.56. The molecule has 0 radical (unpaired) electrons. The Morgan fingerprint density at radius 1 is 1.07 bits per heavy atom. The van der Waals surface area contributed by atoms with Crippen LogP contribution in [0.15, 0.2) is 54.1 Å². The average Bonchev–Trinajstić information content (AvgIpc) is 2.76. The molecule has 0 heterocycles. The van der Waals surface area contributed by atoms with Crippen molar-refractivity contribution >= 4 is 29.4 Å². The second kappa shape index (κ2) is 10.7. The van der Waals surface area contributed by atoms with Crippen LogP contribution in [-0.2, 0) is 14.3 Å². The summed E-state index contributed by atoms with van der Waals surface area (Å²) in [5.41, 5.74) is 2.58. The van der Waals surface area contributed by atoms with Gasteiger partial charge in [0.15, 0.2) is 12.4 Å². The van der Waals surface area contributed by atoms with Crippen LogP contribution in [-0.4, -0.2) is 24.3 Å². The highest BCUT2D eigenvalue weighted by atomic mass is 16.5. The highest BCUT2D eigenvalue weighted by Crippen LogP contribution is 2.17. The van der Waals surface area contributed by atoms with Crippen molar-refractivity contribution in [2.24, 2.45) is 0 Å². The molecule has 6 nitrogen and oxygen atoms in total. The van der Waals surface area contributed by atoms with Crippen LogP contribution in [0.3, 0.4) is 0 Å². The van der Waals surface area contributed by atoms with Crippen molar-refractivity contribution in [3.63, 3.8) is 0 Å². The van der Waals surface area contributed by atoms with Crippen molar-refractivity contribution in [1.29, 1.82) is 5.26 Å². The van der Waals surface area contributed by atoms with Gasteiger partial charge in [0, 0.05) is 17.7 Å². The number of ketones is 1. The monoisotopic (exact) mass is 404 g/mol. The summed E-state index contributed by atoms with van der Waals surface area (Å²) in [4.78, 5) is 35.8. The predicted molar refractivity (Wildman–Crippen MR) is 115 cm³/mol. The van der Waals surface area contributed by atoms with Crippen molar-refractivity contribution in [1.82, 2.24) is 0 Å². The second-order valence-corrected chi connectivity index (χ2v) is 6.97. The molecule has 0 saturated carbocycles. The van der Waals surface area contributed by atoms with Gasteiger partial charge in [0.25, 0.3) is 0 Å². The first kappa shape index (κ1) is 22.6. The summed E-state index contributed by atoms with van der Waals surface area (Å²) < 4.78 is 5.01. The zero-order valence-corrected chi connectivity index (χ0v) is 17.3. The molecule has 2 aromatic carbocycles. The normalized spacial score (nSPS) is 11.0. The third-order valence-electron chi connectivity index (χ3n) is 4.40. The zero-order chi connectivity index (χ0) is 22.1. The van der Waals surface area contributed by atoms with Gasteiger partial charge in [-0.3, -0.25) is 9.59 Å². The fourth-order valence-electron chi connectivity index (χ4n) is 2.56. The van der Waals surface area contributed by atoms with Gasteiger partial charge in [0.05, 0.1) is 0 Å². The molecule has 1 amide bonds. The summed E-state index contributed by atoms with van der Waals surface area (Å²) >= 11 is 0. The SMILES string of the molecule is CCC(=O)Nc1ccc(C(=O)COC(=O)/C(C#N)=C/c2ccc(C(C)C)cc2)cc1. The molecule has 0 fully saturated rings. The molecular formula is C24H24N2O4. The minimum Gasteiger partial charge on any atom is -0.453 e. The Bertz CT molecular complexity index is 981. The van der Waals surface area contributed by atoms with E-state index in [0.29, 0.717) is 29.2 Å². The molecule has 30 heavy (non-hydrogen) atoms. The maximum absolute atomic E-state index is 12.2. The number of Topliss-reactive ketones (excluding diaryl/α,β-unsaturated/α-hetero) is 1. The maximum Gasteiger partial charge on any atom is 0.349 e. The number of rotatable bonds is 8. The minimum absolute atomic E-state index is 0.127. The molecule has 0 bridgehead atoms. The number of carbonyl (C=O) groups is 3. The van der Waals surface area contributed by atoms with Crippen LogP contribution in [0, 0.1) is 11.3 Å². The molecule has 1 N–H and O–H groups in total. The van der Waals surface area contributed by atoms with Gasteiger partial charge < -0.3 is 10.1 Å². The lowest BCUT2D eigenvalue weighted by Gasteiger charge is -2.07. The summed E-state index contributed by atoms with van der Waals surface area (Å²) in [6.07, 6.45) is 1.79. The van der Waals surface area contributed by atoms with Crippen molar-refractivity contribution in [2.75, 3.05) is 11.9 Å². The maximum atomic E-state index is 12.2. The zero-order valence-electron chi connectivity index (χ0n) is 17.3. The molecule has 0 atom stereocenters. The third-order valence-corrected chi connectivity index (χ3v) is 4.40. The molecule has 0 aliphatic rings. The van der Waals surface area contributed by atoms with E-state index < -0.39 is 18.4 Å². The lowest BCUT2D eigenvalue weighted by Crippen LogP contribution is -2.15. The Labute approximate surface area is 176 Å². The summed E-state index contributed by atoms with van der Waals surface area (Å²) in [5.74, 6) is -1.01. The number of carbonyl (C=O) groups excluding carboxylic acids is 3. The molecule has 154 valence electrons. The lowest BCUT2D eigenvalue weighted by atomic mass is 10.0. The Hall–Kier alpha value is -3.72. The molecule has 0 aliphatic heterocycles. The van der Waals surface area contributed by atoms with E-state index in [1.165, 1.54) is 6.08 Å². The van der Waals surface area contributed by atoms with Crippen LogP contribution in [0.4, 0.5) is 5.69 Å². The topological polar surface area (TPSA) is 96.3 Å². The fraction of sp³-hybridized carbons (Fsp3) is 0.250. The molecule has 0 aromatic heterocycles. The highest BCUT2D eigenvalue weighted by molar-refractivity contribution is 6.02. The van der Waals surface area contributed by atoms with Gasteiger partial charge >= 0.3 is 5.97 Å². The van der Waals surface area contributed by atoms with Crippen molar-refractivity contribution in [2.45, 2.75) is 33.1 Å². The molecule has 0 unspecified atom stereocenters. The molecule has 6 heteroatoms. The van der Waals surface area contributed by atoms with Gasteiger partial charge in [0.1, 0.15) is 11.6 Å². The number of esters is 1. The van der Waals surface area contributed by atoms with E-state index in [0.717, 1.165) is 5.56 Å². The van der Waals surface area contributed by atoms with Crippen molar-refractivity contribution < 1.29 is 19.1 Å². The number of hydrogen-bond donors (Lipinski definition) is 1. The highest BCUT2D eigenvalue weighted by Gasteiger charge is 2.14. The number of benzene rings is 2. The van der Waals surface area contributed by atoms with E-state index in [2.05, 4.69) is 19.2 Å². The van der Waals surface area contributed by atoms with E-state index in [4.69, 9.17) is 4.74 Å². The first-order chi connectivity index (χ1) is 14.3. The second-order valence-electron chi connectivity index (χ2n) is 6.97. The number of nitrogens with zero attached hydrogens (tertiary/aromatic N) is 1. The first-order valence-corrected chi connectivity index (χ1v) is 9.66. The van der Waals surface area contributed by atoms with Gasteiger partial charge in [-0.1, -0.05) is 45.0 Å². The molecule has 2 aromatic rings. The smallest absolute Gasteiger partial charge is 0.349 e. The van der Waals surface area contributed by atoms with Crippen molar-refractivity contribution in [3.05, 3.63) is 70.8 Å². The van der Waals surface area contributed by atoms with Gasteiger partial charge in [0.2, 0.25) is 5.91 Å². The number of nitrogens with one attached hydrogen (secondary N) is 1. The first-order valence-electron chi connectivity index (χ1n) is 9.66. The number of hydrogen-bond acceptors (Lipinski definition) is 5. The van der Waals surface area contributed by atoms with E-state index in [-0.39, 0.29) is 11.5 Å². The van der Waals surface area contributed by atoms with Crippen LogP contribution in [0.25, 0.3) is 6.08 Å². The van der Waals surface area contributed by atoms with Gasteiger partial charge in [-0.15, -0.1) is 0 Å². The lowest BCUT2D eigenvalue weighted by molar-refractivity contribution is -0.137. The Morgan fingerprint density at radius 3 is 2.23 bits per heavy atom. The van der Waals surface area contributed by atoms with Crippen LogP contribution < -0.4 is 5.32 Å². The number of amides is 1. The minimum atomic E-state index is -0.856. The summed E-state index contributed by atoms with van der Waals surface area (Å²) in [5, 5.41) is 12.0. The van der Waals surface area contributed by atoms with Gasteiger partial charge in [-0.05, 0) is 47.4 Å². The van der Waals surface area contributed by atoms with Crippen LogP contribution in [0.2, 0.25) is 0 Å². The number of ether oxygens (including phenoxy) is 1. The van der Waals surface area contributed by atoms with E-state index in [9.17, 15) is 19.6 Å². The Balaban J connectivity index is 1.98. The molecule has 0 spiro atoms. The summed E-state index contributed by atoms with van der Waals surface area (Å²) in [6.45, 7) is 5.42. The van der Waals surface area contributed by atoms with Crippen LogP contribution in [0.1, 0.15) is 54.6 Å². The van der Waals surface area contributed by atoms with Crippen molar-refractivity contribution in [3.8, 4) is 6.07 Å². The van der Waals surface area contributed by atoms with E-state index in [1.54, 1.807) is 31.2 Å². The standard InChI is InChI=1S/C24H24N2O4/c1-4-23(28)26-21-11-9-19(10-12-21)22(27)15-30-24(29)20(14-25)13-17-5-7-18(8-6-17)16(2)3/h5-13,16H,4,15H2,1-3H3,(H,26,28)/b20-13+. The van der Waals surface area contributed by atoms with Crippen LogP contribution in [0.5, 0.6) is 0 Å². The quantitative estimate of drug-likeness (QED) is 0.303. The molecule has 0 aliphatic carbocycles. The van der Waals surface area contributed by atoms with Gasteiger partial charge in [-0.25, -0.2) is 4.79 Å². The molecule has 0 saturated heterocycles. The largest absolute Gasteiger partial charge is 0.453 e. The Kier molecular flexibility index (Phi) is 8.07. The summed E-state index contributed by atoms with van der Waals surface area (Å²) in [7, 11) is 0. The van der Waals surface area contributed by atoms with Gasteiger partial charge in [-0.2, -0.15) is 5.26 Å². The van der Waals surface area contributed by atoms with E-state index in [1.807, 2.05) is 30.3 Å². The van der Waals surface area contributed by atoms with Crippen LogP contribution >= 0.6 is 0 Å². The Morgan fingerprint density at radius 2 is 1.70 bits per heavy atom. The van der Waals surface area contributed by atoms with E-state index >= 15 is 0 Å². The summed E-state index contributed by atoms with van der Waals surface area (Å²) in [6, 6.07) is 15.6. The molecular weight excluding hydrogens is 380 g/mol. The predicted octanol–water partition coefficient (Wildman–Crippen LogP) is 4.49. The number of nitriles is 1. The molecule has 2 rings (SSSR count). The third kappa shape index (κ3) is 6.42. The number of anilines is 1. The average molecular weight is 404 g/mol.